The number of hydrogen-bond acceptors (Lipinski definition) is 4. The van der Waals surface area contributed by atoms with Crippen LogP contribution in [-0.2, 0) is 4.79 Å². The van der Waals surface area contributed by atoms with E-state index < -0.39 is 11.9 Å². The van der Waals surface area contributed by atoms with E-state index in [-0.39, 0.29) is 18.7 Å². The quantitative estimate of drug-likeness (QED) is 0.747. The normalized spacial score (nSPS) is 9.33. The molecule has 2 N–H and O–H groups in total. The average molecular weight is 248 g/mol. The van der Waals surface area contributed by atoms with E-state index in [0.29, 0.717) is 11.3 Å². The number of nitriles is 1. The lowest BCUT2D eigenvalue weighted by Crippen LogP contribution is -2.29. The van der Waals surface area contributed by atoms with Crippen LogP contribution in [0.25, 0.3) is 0 Å². The molecule has 0 spiro atoms. The number of ether oxygens (including phenoxy) is 1. The van der Waals surface area contributed by atoms with Crippen LogP contribution in [0.15, 0.2) is 18.2 Å². The number of carboxylic acids is 1. The van der Waals surface area contributed by atoms with Gasteiger partial charge < -0.3 is 15.2 Å². The zero-order valence-electron chi connectivity index (χ0n) is 9.77. The van der Waals surface area contributed by atoms with E-state index in [1.165, 1.54) is 18.2 Å². The van der Waals surface area contributed by atoms with Crippen molar-refractivity contribution in [3.8, 4) is 11.8 Å². The van der Waals surface area contributed by atoms with Gasteiger partial charge in [0.25, 0.3) is 5.91 Å². The Morgan fingerprint density at radius 1 is 1.50 bits per heavy atom. The molecule has 1 aromatic rings. The molecule has 0 fully saturated rings. The fraction of sp³-hybridized carbons (Fsp3) is 0.250. The molecule has 0 unspecified atom stereocenters. The van der Waals surface area contributed by atoms with Gasteiger partial charge in [-0.25, -0.2) is 4.79 Å². The molecule has 6 nitrogen and oxygen atoms in total. The monoisotopic (exact) mass is 248 g/mol. The molecule has 0 saturated carbocycles. The van der Waals surface area contributed by atoms with E-state index in [2.05, 4.69) is 5.32 Å². The van der Waals surface area contributed by atoms with E-state index in [1.54, 1.807) is 13.0 Å². The summed E-state index contributed by atoms with van der Waals surface area (Å²) in [6.45, 7) is 1.41. The smallest absolute Gasteiger partial charge is 0.335 e. The van der Waals surface area contributed by atoms with Crippen LogP contribution in [0.4, 0.5) is 0 Å². The van der Waals surface area contributed by atoms with Gasteiger partial charge >= 0.3 is 5.97 Å². The molecule has 0 heterocycles. The van der Waals surface area contributed by atoms with Crippen molar-refractivity contribution in [2.45, 2.75) is 6.92 Å². The topological polar surface area (TPSA) is 99.4 Å². The molecular weight excluding hydrogens is 236 g/mol. The highest BCUT2D eigenvalue weighted by atomic mass is 16.5. The summed E-state index contributed by atoms with van der Waals surface area (Å²) in [5.41, 5.74) is 0.789. The molecule has 6 heteroatoms. The minimum absolute atomic E-state index is 0.0703. The number of carbonyl (C=O) groups is 2. The number of aryl methyl sites for hydroxylation is 1. The van der Waals surface area contributed by atoms with Crippen molar-refractivity contribution in [1.82, 2.24) is 5.32 Å². The number of carbonyl (C=O) groups excluding carboxylic acids is 1. The Morgan fingerprint density at radius 2 is 2.22 bits per heavy atom. The second-order valence-corrected chi connectivity index (χ2v) is 3.51. The molecule has 0 atom stereocenters. The highest BCUT2D eigenvalue weighted by Gasteiger charge is 2.08. The molecule has 0 radical (unpaired) electrons. The summed E-state index contributed by atoms with van der Waals surface area (Å²) in [5, 5.41) is 19.4. The first-order valence-corrected chi connectivity index (χ1v) is 5.15. The van der Waals surface area contributed by atoms with E-state index in [0.717, 1.165) is 0 Å². The van der Waals surface area contributed by atoms with Crippen LogP contribution in [0.2, 0.25) is 0 Å². The second kappa shape index (κ2) is 6.25. The lowest BCUT2D eigenvalue weighted by molar-refractivity contribution is -0.122. The molecule has 0 aliphatic heterocycles. The molecule has 0 bridgehead atoms. The largest absolute Gasteiger partial charge is 0.484 e. The maximum atomic E-state index is 11.2. The fourth-order valence-corrected chi connectivity index (χ4v) is 1.28. The van der Waals surface area contributed by atoms with E-state index >= 15 is 0 Å². The Hall–Kier alpha value is -2.55. The van der Waals surface area contributed by atoms with E-state index in [1.807, 2.05) is 0 Å². The Kier molecular flexibility index (Phi) is 4.69. The van der Waals surface area contributed by atoms with Crippen LogP contribution in [0.5, 0.6) is 5.75 Å². The molecule has 1 aromatic carbocycles. The maximum absolute atomic E-state index is 11.2. The second-order valence-electron chi connectivity index (χ2n) is 3.51. The summed E-state index contributed by atoms with van der Waals surface area (Å²) in [6, 6.07) is 6.14. The van der Waals surface area contributed by atoms with Gasteiger partial charge in [0.15, 0.2) is 6.61 Å². The van der Waals surface area contributed by atoms with Crippen LogP contribution >= 0.6 is 0 Å². The first-order chi connectivity index (χ1) is 8.54. The zero-order chi connectivity index (χ0) is 13.5. The van der Waals surface area contributed by atoms with Crippen molar-refractivity contribution in [1.29, 1.82) is 5.26 Å². The summed E-state index contributed by atoms with van der Waals surface area (Å²) in [6.07, 6.45) is 0. The number of rotatable bonds is 5. The maximum Gasteiger partial charge on any atom is 0.335 e. The van der Waals surface area contributed by atoms with Gasteiger partial charge in [0.2, 0.25) is 0 Å². The summed E-state index contributed by atoms with van der Waals surface area (Å²) < 4.78 is 5.22. The van der Waals surface area contributed by atoms with Crippen molar-refractivity contribution >= 4 is 11.9 Å². The molecule has 0 aromatic heterocycles. The molecule has 1 amide bonds. The summed E-state index contributed by atoms with van der Waals surface area (Å²) >= 11 is 0. The third-order valence-corrected chi connectivity index (χ3v) is 2.15. The van der Waals surface area contributed by atoms with Gasteiger partial charge in [-0.05, 0) is 30.7 Å². The van der Waals surface area contributed by atoms with Gasteiger partial charge in [-0.1, -0.05) is 0 Å². The zero-order valence-corrected chi connectivity index (χ0v) is 9.77. The lowest BCUT2D eigenvalue weighted by Gasteiger charge is -2.09. The average Bonchev–Trinajstić information content (AvgIpc) is 2.34. The summed E-state index contributed by atoms with van der Waals surface area (Å²) in [7, 11) is 0. The van der Waals surface area contributed by atoms with Crippen LogP contribution in [0, 0.1) is 18.3 Å². The molecular formula is C12H12N2O4. The number of hydrogen-bond donors (Lipinski definition) is 2. The third kappa shape index (κ3) is 3.79. The van der Waals surface area contributed by atoms with Crippen molar-refractivity contribution in [2.75, 3.05) is 13.2 Å². The standard InChI is InChI=1S/C12H12N2O4/c1-8-6-9(12(16)17)2-3-10(8)18-7-11(15)14-5-4-13/h2-3,6H,5,7H2,1H3,(H,14,15)(H,16,17). The van der Waals surface area contributed by atoms with Crippen LogP contribution in [0.3, 0.4) is 0 Å². The first-order valence-electron chi connectivity index (χ1n) is 5.15. The first kappa shape index (κ1) is 13.5. The Labute approximate surface area is 104 Å². The highest BCUT2D eigenvalue weighted by Crippen LogP contribution is 2.18. The lowest BCUT2D eigenvalue weighted by atomic mass is 10.1. The highest BCUT2D eigenvalue weighted by molar-refractivity contribution is 5.88. The number of nitrogens with one attached hydrogen (secondary N) is 1. The van der Waals surface area contributed by atoms with Gasteiger partial charge in [-0.15, -0.1) is 0 Å². The molecule has 0 aliphatic rings. The van der Waals surface area contributed by atoms with Crippen molar-refractivity contribution in [3.05, 3.63) is 29.3 Å². The SMILES string of the molecule is Cc1cc(C(=O)O)ccc1OCC(=O)NCC#N. The van der Waals surface area contributed by atoms with Gasteiger partial charge in [-0.3, -0.25) is 4.79 Å². The molecule has 18 heavy (non-hydrogen) atoms. The minimum atomic E-state index is -1.02. The molecule has 94 valence electrons. The summed E-state index contributed by atoms with van der Waals surface area (Å²) in [5.74, 6) is -0.984. The molecule has 1 rings (SSSR count). The minimum Gasteiger partial charge on any atom is -0.484 e. The van der Waals surface area contributed by atoms with Crippen LogP contribution in [-0.4, -0.2) is 30.1 Å². The summed E-state index contributed by atoms with van der Waals surface area (Å²) in [4.78, 5) is 21.9. The van der Waals surface area contributed by atoms with Crippen LogP contribution in [0.1, 0.15) is 15.9 Å². The van der Waals surface area contributed by atoms with Crippen molar-refractivity contribution in [3.63, 3.8) is 0 Å². The molecule has 0 aliphatic carbocycles. The fourth-order valence-electron chi connectivity index (χ4n) is 1.28. The van der Waals surface area contributed by atoms with Gasteiger partial charge in [0.05, 0.1) is 11.6 Å². The predicted molar refractivity (Wildman–Crippen MR) is 62.3 cm³/mol. The van der Waals surface area contributed by atoms with Gasteiger partial charge in [0, 0.05) is 0 Å². The number of aromatic carboxylic acids is 1. The van der Waals surface area contributed by atoms with E-state index in [9.17, 15) is 9.59 Å². The number of nitrogens with zero attached hydrogens (tertiary/aromatic N) is 1. The Bertz CT molecular complexity index is 505. The van der Waals surface area contributed by atoms with Crippen molar-refractivity contribution in [2.24, 2.45) is 0 Å². The number of carboxylic acid groups (broad SMARTS) is 1. The van der Waals surface area contributed by atoms with E-state index in [4.69, 9.17) is 15.1 Å². The van der Waals surface area contributed by atoms with Crippen LogP contribution < -0.4 is 10.1 Å². The predicted octanol–water partition coefficient (Wildman–Crippen LogP) is 0.712. The molecule has 0 saturated heterocycles. The third-order valence-electron chi connectivity index (χ3n) is 2.15. The Balaban J connectivity index is 2.61. The van der Waals surface area contributed by atoms with Gasteiger partial charge in [-0.2, -0.15) is 5.26 Å². The van der Waals surface area contributed by atoms with Gasteiger partial charge in [0.1, 0.15) is 12.3 Å². The Morgan fingerprint density at radius 3 is 2.78 bits per heavy atom. The van der Waals surface area contributed by atoms with Crippen molar-refractivity contribution < 1.29 is 19.4 Å². The number of amides is 1. The number of benzene rings is 1.